The molecule has 0 aliphatic rings. The van der Waals surface area contributed by atoms with E-state index in [1.807, 2.05) is 6.92 Å². The van der Waals surface area contributed by atoms with Crippen LogP contribution in [-0.2, 0) is 14.8 Å². The second-order valence-corrected chi connectivity index (χ2v) is 7.45. The van der Waals surface area contributed by atoms with Crippen molar-refractivity contribution in [1.29, 1.82) is 0 Å². The lowest BCUT2D eigenvalue weighted by Gasteiger charge is -2.09. The zero-order valence-corrected chi connectivity index (χ0v) is 15.5. The summed E-state index contributed by atoms with van der Waals surface area (Å²) in [6.45, 7) is 1.90. The molecule has 0 bridgehead atoms. The number of rotatable bonds is 9. The minimum absolute atomic E-state index is 0.0868. The van der Waals surface area contributed by atoms with E-state index in [0.29, 0.717) is 12.6 Å². The Kier molecular flexibility index (Phi) is 7.26. The quantitative estimate of drug-likeness (QED) is 0.636. The van der Waals surface area contributed by atoms with Crippen molar-refractivity contribution in [2.75, 3.05) is 18.5 Å². The van der Waals surface area contributed by atoms with Gasteiger partial charge in [-0.3, -0.25) is 4.79 Å². The number of halogens is 2. The molecule has 2 aromatic rings. The lowest BCUT2D eigenvalue weighted by molar-refractivity contribution is -0.118. The molecule has 0 aliphatic heterocycles. The van der Waals surface area contributed by atoms with Crippen molar-refractivity contribution in [2.24, 2.45) is 0 Å². The minimum Gasteiger partial charge on any atom is -0.484 e. The third-order valence-electron chi connectivity index (χ3n) is 3.53. The van der Waals surface area contributed by atoms with Crippen LogP contribution >= 0.6 is 0 Å². The molecule has 0 radical (unpaired) electrons. The molecule has 0 saturated carbocycles. The Morgan fingerprint density at radius 1 is 1.11 bits per heavy atom. The van der Waals surface area contributed by atoms with E-state index in [9.17, 15) is 22.0 Å². The summed E-state index contributed by atoms with van der Waals surface area (Å²) in [5.41, 5.74) is -0.162. The number of amides is 1. The molecule has 0 aromatic heterocycles. The van der Waals surface area contributed by atoms with Crippen molar-refractivity contribution in [3.05, 3.63) is 54.1 Å². The summed E-state index contributed by atoms with van der Waals surface area (Å²) in [7, 11) is -3.59. The Hall–Kier alpha value is -2.52. The van der Waals surface area contributed by atoms with E-state index in [1.54, 1.807) is 0 Å². The van der Waals surface area contributed by atoms with Crippen LogP contribution in [0.3, 0.4) is 0 Å². The number of hydrogen-bond donors (Lipinski definition) is 2. The van der Waals surface area contributed by atoms with Gasteiger partial charge in [0.25, 0.3) is 5.91 Å². The molecule has 146 valence electrons. The minimum atomic E-state index is -3.59. The Morgan fingerprint density at radius 2 is 1.81 bits per heavy atom. The van der Waals surface area contributed by atoms with Gasteiger partial charge in [0, 0.05) is 12.6 Å². The number of carbonyl (C=O) groups excluding carboxylic acids is 1. The molecule has 2 N–H and O–H groups in total. The van der Waals surface area contributed by atoms with Gasteiger partial charge in [0.15, 0.2) is 6.61 Å². The SMILES string of the molecule is CCCCNS(=O)(=O)c1ccc(OCC(=O)Nc2ccc(F)cc2F)cc1. The van der Waals surface area contributed by atoms with Crippen LogP contribution in [0.1, 0.15) is 19.8 Å². The molecular weight excluding hydrogens is 378 g/mol. The number of ether oxygens (including phenoxy) is 1. The average Bonchev–Trinajstić information content (AvgIpc) is 2.63. The van der Waals surface area contributed by atoms with E-state index in [1.165, 1.54) is 24.3 Å². The van der Waals surface area contributed by atoms with E-state index in [-0.39, 0.29) is 16.3 Å². The Morgan fingerprint density at radius 3 is 2.44 bits per heavy atom. The normalized spacial score (nSPS) is 11.2. The van der Waals surface area contributed by atoms with E-state index < -0.39 is 34.2 Å². The fraction of sp³-hybridized carbons (Fsp3) is 0.278. The molecule has 0 spiro atoms. The zero-order chi connectivity index (χ0) is 19.9. The first kappa shape index (κ1) is 20.8. The van der Waals surface area contributed by atoms with Crippen molar-refractivity contribution in [2.45, 2.75) is 24.7 Å². The maximum atomic E-state index is 13.5. The molecule has 0 aliphatic carbocycles. The zero-order valence-electron chi connectivity index (χ0n) is 14.7. The largest absolute Gasteiger partial charge is 0.484 e. The predicted molar refractivity (Wildman–Crippen MR) is 97.0 cm³/mol. The summed E-state index contributed by atoms with van der Waals surface area (Å²) in [6, 6.07) is 8.34. The van der Waals surface area contributed by atoms with Crippen LogP contribution in [-0.4, -0.2) is 27.5 Å². The molecule has 2 aromatic carbocycles. The van der Waals surface area contributed by atoms with Gasteiger partial charge in [-0.25, -0.2) is 21.9 Å². The molecule has 9 heteroatoms. The van der Waals surface area contributed by atoms with Gasteiger partial charge < -0.3 is 10.1 Å². The van der Waals surface area contributed by atoms with Gasteiger partial charge in [0.05, 0.1) is 10.6 Å². The lowest BCUT2D eigenvalue weighted by atomic mass is 10.3. The average molecular weight is 398 g/mol. The second-order valence-electron chi connectivity index (χ2n) is 5.68. The maximum Gasteiger partial charge on any atom is 0.262 e. The number of nitrogens with one attached hydrogen (secondary N) is 2. The molecule has 0 heterocycles. The first-order valence-corrected chi connectivity index (χ1v) is 9.77. The maximum absolute atomic E-state index is 13.5. The fourth-order valence-electron chi connectivity index (χ4n) is 2.11. The van der Waals surface area contributed by atoms with Gasteiger partial charge in [0.1, 0.15) is 17.4 Å². The number of carbonyl (C=O) groups is 1. The third kappa shape index (κ3) is 6.30. The van der Waals surface area contributed by atoms with Crippen molar-refractivity contribution in [1.82, 2.24) is 4.72 Å². The van der Waals surface area contributed by atoms with Gasteiger partial charge in [-0.2, -0.15) is 0 Å². The first-order valence-electron chi connectivity index (χ1n) is 8.29. The van der Waals surface area contributed by atoms with Gasteiger partial charge in [-0.1, -0.05) is 13.3 Å². The fourth-order valence-corrected chi connectivity index (χ4v) is 3.18. The molecule has 2 rings (SSSR count). The summed E-state index contributed by atoms with van der Waals surface area (Å²) < 4.78 is 58.2. The molecule has 0 atom stereocenters. The summed E-state index contributed by atoms with van der Waals surface area (Å²) >= 11 is 0. The second kappa shape index (κ2) is 9.43. The van der Waals surface area contributed by atoms with Crippen molar-refractivity contribution in [3.8, 4) is 5.75 Å². The predicted octanol–water partition coefficient (Wildman–Crippen LogP) is 3.06. The Bertz CT molecular complexity index is 887. The molecule has 0 saturated heterocycles. The van der Waals surface area contributed by atoms with Crippen LogP contribution in [0.15, 0.2) is 47.4 Å². The van der Waals surface area contributed by atoms with Crippen molar-refractivity contribution in [3.63, 3.8) is 0 Å². The summed E-state index contributed by atoms with van der Waals surface area (Å²) in [5, 5.41) is 2.26. The number of hydrogen-bond acceptors (Lipinski definition) is 4. The highest BCUT2D eigenvalue weighted by Gasteiger charge is 2.13. The van der Waals surface area contributed by atoms with Gasteiger partial charge in [0.2, 0.25) is 10.0 Å². The van der Waals surface area contributed by atoms with Crippen LogP contribution in [0, 0.1) is 11.6 Å². The van der Waals surface area contributed by atoms with Crippen molar-refractivity contribution >= 4 is 21.6 Å². The summed E-state index contributed by atoms with van der Waals surface area (Å²) in [4.78, 5) is 11.9. The van der Waals surface area contributed by atoms with Crippen molar-refractivity contribution < 1.29 is 26.7 Å². The third-order valence-corrected chi connectivity index (χ3v) is 5.01. The summed E-state index contributed by atoms with van der Waals surface area (Å²) in [5.74, 6) is -2.01. The highest BCUT2D eigenvalue weighted by atomic mass is 32.2. The standard InChI is InChI=1S/C18H20F2N2O4S/c1-2-3-10-21-27(24,25)15-7-5-14(6-8-15)26-12-18(23)22-17-9-4-13(19)11-16(17)20/h4-9,11,21H,2-3,10,12H2,1H3,(H,22,23). The molecule has 6 nitrogen and oxygen atoms in total. The highest BCUT2D eigenvalue weighted by Crippen LogP contribution is 2.17. The monoisotopic (exact) mass is 398 g/mol. The highest BCUT2D eigenvalue weighted by molar-refractivity contribution is 7.89. The van der Waals surface area contributed by atoms with Crippen LogP contribution in [0.25, 0.3) is 0 Å². The Labute approximate surface area is 156 Å². The van der Waals surface area contributed by atoms with Crippen LogP contribution in [0.4, 0.5) is 14.5 Å². The number of benzene rings is 2. The number of anilines is 1. The smallest absolute Gasteiger partial charge is 0.262 e. The molecule has 0 fully saturated rings. The number of sulfonamides is 1. The molecule has 1 amide bonds. The van der Waals surface area contributed by atoms with E-state index in [0.717, 1.165) is 25.0 Å². The molecule has 0 unspecified atom stereocenters. The Balaban J connectivity index is 1.90. The van der Waals surface area contributed by atoms with Gasteiger partial charge in [-0.15, -0.1) is 0 Å². The van der Waals surface area contributed by atoms with Crippen LogP contribution in [0.5, 0.6) is 5.75 Å². The number of unbranched alkanes of at least 4 members (excludes halogenated alkanes) is 1. The molecule has 27 heavy (non-hydrogen) atoms. The van der Waals surface area contributed by atoms with Gasteiger partial charge >= 0.3 is 0 Å². The van der Waals surface area contributed by atoms with Gasteiger partial charge in [-0.05, 0) is 42.8 Å². The molecular formula is C18H20F2N2O4S. The van der Waals surface area contributed by atoms with E-state index in [2.05, 4.69) is 10.0 Å². The lowest BCUT2D eigenvalue weighted by Crippen LogP contribution is -2.24. The van der Waals surface area contributed by atoms with E-state index >= 15 is 0 Å². The summed E-state index contributed by atoms with van der Waals surface area (Å²) in [6.07, 6.45) is 1.61. The van der Waals surface area contributed by atoms with E-state index in [4.69, 9.17) is 4.74 Å². The van der Waals surface area contributed by atoms with Crippen LogP contribution < -0.4 is 14.8 Å². The first-order chi connectivity index (χ1) is 12.8. The topological polar surface area (TPSA) is 84.5 Å². The van der Waals surface area contributed by atoms with Crippen LogP contribution in [0.2, 0.25) is 0 Å².